The number of quaternary nitrogens is 1. The number of carboxylic acids is 1. The van der Waals surface area contributed by atoms with Crippen LogP contribution >= 0.6 is 0 Å². The molecule has 0 aliphatic heterocycles. The SMILES string of the molecule is CC/C=C/C=C/C=C/CCCCCCCC(=O)OC(COCCC(C(=O)O)[N+](C)(C)C)COC(=O)CCCCCCCCCCCCC/C=C/C/C=C/C/C=C/CC. The topological polar surface area (TPSA) is 99.1 Å². The molecule has 0 aromatic carbocycles. The number of rotatable bonds is 40. The molecule has 0 aliphatic rings. The number of esters is 2. The fourth-order valence-electron chi connectivity index (χ4n) is 6.40. The number of carbonyl (C=O) groups excluding carboxylic acids is 2. The summed E-state index contributed by atoms with van der Waals surface area (Å²) in [6, 6.07) is -0.621. The molecule has 0 amide bonds. The molecular weight excluding hydrogens is 727 g/mol. The second-order valence-corrected chi connectivity index (χ2v) is 16.3. The predicted octanol–water partition coefficient (Wildman–Crippen LogP) is 12.7. The lowest BCUT2D eigenvalue weighted by Gasteiger charge is -2.31. The van der Waals surface area contributed by atoms with E-state index in [1.165, 1.54) is 57.8 Å². The van der Waals surface area contributed by atoms with Crippen molar-refractivity contribution in [3.8, 4) is 0 Å². The van der Waals surface area contributed by atoms with Crippen molar-refractivity contribution in [3.05, 3.63) is 72.9 Å². The van der Waals surface area contributed by atoms with Gasteiger partial charge in [-0.05, 0) is 64.2 Å². The second kappa shape index (κ2) is 40.5. The quantitative estimate of drug-likeness (QED) is 0.0216. The van der Waals surface area contributed by atoms with Crippen molar-refractivity contribution in [1.82, 2.24) is 0 Å². The van der Waals surface area contributed by atoms with E-state index in [1.54, 1.807) is 0 Å². The Balaban J connectivity index is 4.28. The summed E-state index contributed by atoms with van der Waals surface area (Å²) in [5.41, 5.74) is 0. The zero-order valence-corrected chi connectivity index (χ0v) is 37.7. The zero-order valence-electron chi connectivity index (χ0n) is 37.7. The van der Waals surface area contributed by atoms with Crippen LogP contribution in [0.1, 0.15) is 174 Å². The second-order valence-electron chi connectivity index (χ2n) is 16.3. The molecule has 0 aromatic heterocycles. The molecule has 1 N–H and O–H groups in total. The normalized spacial score (nSPS) is 13.6. The smallest absolute Gasteiger partial charge is 0.362 e. The van der Waals surface area contributed by atoms with Crippen LogP contribution in [0.15, 0.2) is 72.9 Å². The van der Waals surface area contributed by atoms with Gasteiger partial charge in [-0.1, -0.05) is 164 Å². The minimum Gasteiger partial charge on any atom is -0.477 e. The fourth-order valence-corrected chi connectivity index (χ4v) is 6.40. The minimum atomic E-state index is -0.882. The maximum atomic E-state index is 12.7. The van der Waals surface area contributed by atoms with Gasteiger partial charge < -0.3 is 23.8 Å². The van der Waals surface area contributed by atoms with E-state index in [0.29, 0.717) is 19.3 Å². The molecule has 58 heavy (non-hydrogen) atoms. The van der Waals surface area contributed by atoms with E-state index in [9.17, 15) is 19.5 Å². The summed E-state index contributed by atoms with van der Waals surface area (Å²) in [6.45, 7) is 4.46. The van der Waals surface area contributed by atoms with Crippen LogP contribution in [0.5, 0.6) is 0 Å². The van der Waals surface area contributed by atoms with Crippen molar-refractivity contribution in [2.24, 2.45) is 0 Å². The van der Waals surface area contributed by atoms with E-state index < -0.39 is 18.1 Å². The minimum absolute atomic E-state index is 0.0489. The molecule has 0 heterocycles. The molecule has 8 nitrogen and oxygen atoms in total. The Kier molecular flexibility index (Phi) is 38.3. The number of allylic oxidation sites excluding steroid dienone is 12. The van der Waals surface area contributed by atoms with Gasteiger partial charge in [0.25, 0.3) is 0 Å². The van der Waals surface area contributed by atoms with Crippen LogP contribution in [0, 0.1) is 0 Å². The van der Waals surface area contributed by atoms with Gasteiger partial charge in [0.05, 0.1) is 34.4 Å². The first-order chi connectivity index (χ1) is 28.1. The highest BCUT2D eigenvalue weighted by molar-refractivity contribution is 5.72. The summed E-state index contributed by atoms with van der Waals surface area (Å²) in [5.74, 6) is -1.50. The van der Waals surface area contributed by atoms with Crippen LogP contribution in [0.3, 0.4) is 0 Å². The van der Waals surface area contributed by atoms with Crippen LogP contribution in [0.4, 0.5) is 0 Å². The average Bonchev–Trinajstić information content (AvgIpc) is 3.18. The average molecular weight is 813 g/mol. The van der Waals surface area contributed by atoms with Gasteiger partial charge in [-0.25, -0.2) is 4.79 Å². The maximum Gasteiger partial charge on any atom is 0.362 e. The van der Waals surface area contributed by atoms with Crippen molar-refractivity contribution in [2.45, 2.75) is 187 Å². The molecule has 0 rings (SSSR count). The van der Waals surface area contributed by atoms with Gasteiger partial charge in [0, 0.05) is 19.3 Å². The summed E-state index contributed by atoms with van der Waals surface area (Å²) in [4.78, 5) is 37.0. The Morgan fingerprint density at radius 2 is 1.00 bits per heavy atom. The molecule has 0 saturated heterocycles. The van der Waals surface area contributed by atoms with Crippen LogP contribution < -0.4 is 0 Å². The van der Waals surface area contributed by atoms with Crippen molar-refractivity contribution >= 4 is 17.9 Å². The van der Waals surface area contributed by atoms with Crippen molar-refractivity contribution in [2.75, 3.05) is 41.0 Å². The molecule has 0 bridgehead atoms. The number of hydrogen-bond donors (Lipinski definition) is 1. The van der Waals surface area contributed by atoms with E-state index in [1.807, 2.05) is 27.2 Å². The van der Waals surface area contributed by atoms with Crippen LogP contribution in [0.25, 0.3) is 0 Å². The van der Waals surface area contributed by atoms with Gasteiger partial charge in [0.1, 0.15) is 6.61 Å². The van der Waals surface area contributed by atoms with E-state index >= 15 is 0 Å². The standard InChI is InChI=1S/C50H85NO7/c1-6-8-10-12-14-16-18-20-21-22-23-24-25-26-27-29-30-32-34-36-38-40-48(52)57-45-46(44-56-43-42-47(50(54)55)51(3,4)5)58-49(53)41-39-37-35-33-31-28-19-17-15-13-11-9-7-2/h8-11,13-17,19-21,46-47H,6-7,12,18,22-45H2,1-5H3/p+1/b10-8+,11-9+,15-13+,16-14+,19-17+,21-20+. The van der Waals surface area contributed by atoms with E-state index in [2.05, 4.69) is 80.7 Å². The summed E-state index contributed by atoms with van der Waals surface area (Å²) in [6.07, 6.45) is 50.9. The molecule has 332 valence electrons. The summed E-state index contributed by atoms with van der Waals surface area (Å²) >= 11 is 0. The molecule has 0 saturated carbocycles. The monoisotopic (exact) mass is 813 g/mol. The number of carbonyl (C=O) groups is 3. The first-order valence-electron chi connectivity index (χ1n) is 23.0. The van der Waals surface area contributed by atoms with Crippen LogP contribution in [-0.4, -0.2) is 80.6 Å². The Bertz CT molecular complexity index is 1180. The van der Waals surface area contributed by atoms with E-state index in [-0.39, 0.29) is 36.2 Å². The van der Waals surface area contributed by atoms with Gasteiger partial charge in [-0.2, -0.15) is 0 Å². The molecule has 0 radical (unpaired) electrons. The fraction of sp³-hybridized carbons (Fsp3) is 0.700. The first-order valence-corrected chi connectivity index (χ1v) is 23.0. The van der Waals surface area contributed by atoms with Gasteiger partial charge in [-0.15, -0.1) is 0 Å². The summed E-state index contributed by atoms with van der Waals surface area (Å²) < 4.78 is 17.3. The lowest BCUT2D eigenvalue weighted by Crippen LogP contribution is -2.50. The van der Waals surface area contributed by atoms with Gasteiger partial charge in [0.15, 0.2) is 12.1 Å². The maximum absolute atomic E-state index is 12.7. The number of aliphatic carboxylic acids is 1. The molecule has 8 heteroatoms. The number of hydrogen-bond acceptors (Lipinski definition) is 6. The third kappa shape index (κ3) is 38.3. The Labute approximate surface area is 355 Å². The van der Waals surface area contributed by atoms with Gasteiger partial charge in [0.2, 0.25) is 0 Å². The summed E-state index contributed by atoms with van der Waals surface area (Å²) in [5, 5.41) is 9.62. The molecule has 2 unspecified atom stereocenters. The third-order valence-corrected chi connectivity index (χ3v) is 9.91. The molecule has 2 atom stereocenters. The summed E-state index contributed by atoms with van der Waals surface area (Å²) in [7, 11) is 5.51. The third-order valence-electron chi connectivity index (χ3n) is 9.91. The molecule has 0 aromatic rings. The molecule has 0 spiro atoms. The predicted molar refractivity (Wildman–Crippen MR) is 243 cm³/mol. The van der Waals surface area contributed by atoms with E-state index in [0.717, 1.165) is 83.5 Å². The first kappa shape index (κ1) is 54.8. The number of unbranched alkanes of at least 4 members (excludes halogenated alkanes) is 16. The van der Waals surface area contributed by atoms with Crippen LogP contribution in [0.2, 0.25) is 0 Å². The highest BCUT2D eigenvalue weighted by Crippen LogP contribution is 2.14. The lowest BCUT2D eigenvalue weighted by molar-refractivity contribution is -0.887. The lowest BCUT2D eigenvalue weighted by atomic mass is 10.0. The zero-order chi connectivity index (χ0) is 42.8. The number of likely N-dealkylation sites (N-methyl/N-ethyl adjacent to an activating group) is 1. The number of nitrogens with zero attached hydrogens (tertiary/aromatic N) is 1. The van der Waals surface area contributed by atoms with Crippen LogP contribution in [-0.2, 0) is 28.6 Å². The number of carboxylic acid groups (broad SMARTS) is 1. The Morgan fingerprint density at radius 1 is 0.534 bits per heavy atom. The van der Waals surface area contributed by atoms with Crippen molar-refractivity contribution in [1.29, 1.82) is 0 Å². The Hall–Kier alpha value is -3.23. The van der Waals surface area contributed by atoms with Crippen molar-refractivity contribution < 1.29 is 38.2 Å². The largest absolute Gasteiger partial charge is 0.477 e. The molecular formula is C50H86NO7+. The molecule has 0 aliphatic carbocycles. The highest BCUT2D eigenvalue weighted by atomic mass is 16.6. The van der Waals surface area contributed by atoms with Gasteiger partial charge in [-0.3, -0.25) is 9.59 Å². The number of ether oxygens (including phenoxy) is 3. The van der Waals surface area contributed by atoms with Crippen molar-refractivity contribution in [3.63, 3.8) is 0 Å². The van der Waals surface area contributed by atoms with Gasteiger partial charge >= 0.3 is 17.9 Å². The highest BCUT2D eigenvalue weighted by Gasteiger charge is 2.31. The van der Waals surface area contributed by atoms with E-state index in [4.69, 9.17) is 14.2 Å². The Morgan fingerprint density at radius 3 is 1.53 bits per heavy atom. The molecule has 0 fully saturated rings.